The number of ether oxygens (including phenoxy) is 2. The molecule has 4 aliphatic heterocycles. The summed E-state index contributed by atoms with van der Waals surface area (Å²) in [7, 11) is -5.78. The van der Waals surface area contributed by atoms with Gasteiger partial charge in [0.25, 0.3) is 5.91 Å². The van der Waals surface area contributed by atoms with Gasteiger partial charge in [-0.05, 0) is 56.2 Å². The van der Waals surface area contributed by atoms with Gasteiger partial charge in [-0.2, -0.15) is 8.78 Å². The first-order valence-electron chi connectivity index (χ1n) is 16.2. The maximum atomic E-state index is 14.3. The molecule has 5 heterocycles. The Kier molecular flexibility index (Phi) is 9.95. The largest absolute Gasteiger partial charge is 0.399 e. The van der Waals surface area contributed by atoms with E-state index < -0.39 is 42.7 Å². The molecule has 4 aliphatic rings. The molecule has 0 unspecified atom stereocenters. The molecule has 0 radical (unpaired) electrons. The lowest BCUT2D eigenvalue weighted by atomic mass is 9.95. The second kappa shape index (κ2) is 13.7. The van der Waals surface area contributed by atoms with Gasteiger partial charge in [0.05, 0.1) is 30.1 Å². The summed E-state index contributed by atoms with van der Waals surface area (Å²) in [5, 5.41) is 2.99. The van der Waals surface area contributed by atoms with Crippen LogP contribution in [-0.2, 0) is 34.1 Å². The summed E-state index contributed by atoms with van der Waals surface area (Å²) >= 11 is 0.989. The van der Waals surface area contributed by atoms with E-state index in [0.717, 1.165) is 23.5 Å². The zero-order valence-electron chi connectivity index (χ0n) is 26.4. The van der Waals surface area contributed by atoms with E-state index in [0.29, 0.717) is 76.4 Å². The summed E-state index contributed by atoms with van der Waals surface area (Å²) in [6.07, 6.45) is 2.19. The number of alkyl halides is 2. The fraction of sp³-hybridized carbons (Fsp3) is 0.613. The van der Waals surface area contributed by atoms with E-state index in [9.17, 15) is 32.5 Å². The zero-order valence-corrected chi connectivity index (χ0v) is 28.1. The molecule has 6 rings (SSSR count). The van der Waals surface area contributed by atoms with Crippen LogP contribution in [0.1, 0.15) is 54.3 Å². The van der Waals surface area contributed by atoms with E-state index in [4.69, 9.17) is 19.3 Å². The van der Waals surface area contributed by atoms with Crippen molar-refractivity contribution in [1.29, 1.82) is 0 Å². The first-order valence-corrected chi connectivity index (χ1v) is 18.6. The molecule has 0 spiro atoms. The molecule has 262 valence electrons. The van der Waals surface area contributed by atoms with Crippen LogP contribution in [0.2, 0.25) is 0 Å². The summed E-state index contributed by atoms with van der Waals surface area (Å²) in [6.45, 7) is 4.87. The molecule has 4 saturated heterocycles. The summed E-state index contributed by atoms with van der Waals surface area (Å²) in [6, 6.07) is 2.48. The van der Waals surface area contributed by atoms with E-state index in [1.54, 1.807) is 14.7 Å². The molecule has 3 N–H and O–H groups in total. The fourth-order valence-corrected chi connectivity index (χ4v) is 8.52. The van der Waals surface area contributed by atoms with Crippen LogP contribution in [0.4, 0.5) is 8.78 Å². The number of hydrogen-bond acceptors (Lipinski definition) is 8. The van der Waals surface area contributed by atoms with Crippen LogP contribution >= 0.6 is 18.9 Å². The molecule has 4 fully saturated rings. The quantitative estimate of drug-likeness (QED) is 0.349. The van der Waals surface area contributed by atoms with Crippen molar-refractivity contribution in [3.8, 4) is 0 Å². The van der Waals surface area contributed by atoms with Crippen LogP contribution < -0.4 is 5.32 Å². The van der Waals surface area contributed by atoms with E-state index >= 15 is 0 Å². The number of carbonyl (C=O) groups is 4. The number of halogens is 2. The third-order valence-corrected chi connectivity index (χ3v) is 11.8. The minimum atomic E-state index is -5.78. The maximum absolute atomic E-state index is 14.3. The third kappa shape index (κ3) is 6.75. The standard InChI is InChI=1S/C31H39F2N4O9PS/c1-2-46-22-6-4-21-5-7-24(30(41)36-16-19(17-36)28(39)35-9-11-45-12-10-35)37(21)29(40)23(15-22)34-27(38)26-14-18-13-20(3-8-25(18)48-26)31(32,33)47(42,43)44/h3,8,13-14,19,21-24H,2,4-7,9-12,15-17H2,1H3,(H,34,38)(H2,42,43,44)/t21-,22+,23-,24-/m0/s1. The van der Waals surface area contributed by atoms with Gasteiger partial charge < -0.3 is 39.3 Å². The number of nitrogens with zero attached hydrogens (tertiary/aromatic N) is 3. The molecule has 0 saturated carbocycles. The van der Waals surface area contributed by atoms with Crippen LogP contribution in [0.25, 0.3) is 10.1 Å². The monoisotopic (exact) mass is 712 g/mol. The Morgan fingerprint density at radius 2 is 1.77 bits per heavy atom. The molecule has 2 aromatic rings. The third-order valence-electron chi connectivity index (χ3n) is 9.69. The number of carbonyl (C=O) groups excluding carboxylic acids is 4. The van der Waals surface area contributed by atoms with Gasteiger partial charge in [0, 0.05) is 55.5 Å². The van der Waals surface area contributed by atoms with Gasteiger partial charge in [0.15, 0.2) is 0 Å². The lowest BCUT2D eigenvalue weighted by Crippen LogP contribution is -2.63. The van der Waals surface area contributed by atoms with E-state index in [2.05, 4.69) is 5.32 Å². The molecule has 4 atom stereocenters. The fourth-order valence-electron chi connectivity index (χ4n) is 7.10. The Labute approximate surface area is 279 Å². The van der Waals surface area contributed by atoms with Crippen LogP contribution in [0.3, 0.4) is 0 Å². The minimum Gasteiger partial charge on any atom is -0.378 e. The molecule has 0 aliphatic carbocycles. The molecular formula is C31H39F2N4O9PS. The van der Waals surface area contributed by atoms with Crippen molar-refractivity contribution in [2.45, 2.75) is 68.9 Å². The maximum Gasteiger partial charge on any atom is 0.399 e. The van der Waals surface area contributed by atoms with Crippen LogP contribution in [0.15, 0.2) is 24.3 Å². The normalized spacial score (nSPS) is 25.8. The molecular weight excluding hydrogens is 673 g/mol. The van der Waals surface area contributed by atoms with Crippen molar-refractivity contribution in [2.75, 3.05) is 46.0 Å². The van der Waals surface area contributed by atoms with Gasteiger partial charge >= 0.3 is 13.3 Å². The molecule has 4 amide bonds. The van der Waals surface area contributed by atoms with Crippen molar-refractivity contribution in [2.24, 2.45) is 5.92 Å². The average Bonchev–Trinajstić information content (AvgIpc) is 3.65. The highest BCUT2D eigenvalue weighted by molar-refractivity contribution is 7.52. The highest BCUT2D eigenvalue weighted by Crippen LogP contribution is 2.59. The van der Waals surface area contributed by atoms with Crippen LogP contribution in [0, 0.1) is 5.92 Å². The lowest BCUT2D eigenvalue weighted by molar-refractivity contribution is -0.157. The number of likely N-dealkylation sites (tertiary alicyclic amines) is 1. The van der Waals surface area contributed by atoms with Crippen molar-refractivity contribution < 1.29 is 51.8 Å². The summed E-state index contributed by atoms with van der Waals surface area (Å²) in [5.74, 6) is -1.52. The Hall–Kier alpha value is -3.01. The van der Waals surface area contributed by atoms with Crippen molar-refractivity contribution in [1.82, 2.24) is 20.0 Å². The van der Waals surface area contributed by atoms with Gasteiger partial charge in [-0.25, -0.2) is 0 Å². The second-order valence-corrected chi connectivity index (χ2v) is 15.5. The molecule has 17 heteroatoms. The molecule has 1 aromatic carbocycles. The smallest absolute Gasteiger partial charge is 0.378 e. The van der Waals surface area contributed by atoms with E-state index in [1.807, 2.05) is 6.92 Å². The number of nitrogens with one attached hydrogen (secondary N) is 1. The number of hydrogen-bond donors (Lipinski definition) is 3. The number of morpholine rings is 1. The van der Waals surface area contributed by atoms with Gasteiger partial charge in [-0.1, -0.05) is 6.07 Å². The number of thiophene rings is 1. The highest BCUT2D eigenvalue weighted by atomic mass is 32.1. The zero-order chi connectivity index (χ0) is 34.4. The Balaban J connectivity index is 1.17. The molecule has 1 aromatic heterocycles. The number of amides is 4. The Morgan fingerprint density at radius 3 is 2.46 bits per heavy atom. The molecule has 0 bridgehead atoms. The number of benzene rings is 1. The van der Waals surface area contributed by atoms with Crippen molar-refractivity contribution >= 4 is 52.6 Å². The molecule has 48 heavy (non-hydrogen) atoms. The SMILES string of the molecule is CCO[C@@H]1CC[C@H]2CC[C@@H](C(=O)N3CC(C(=O)N4CCOCC4)C3)N2C(=O)[C@@H](NC(=O)c2cc3cc(C(F)(F)P(=O)(O)O)ccc3s2)C1. The minimum absolute atomic E-state index is 0.00620. The van der Waals surface area contributed by atoms with Gasteiger partial charge in [0.2, 0.25) is 17.7 Å². The van der Waals surface area contributed by atoms with Crippen molar-refractivity contribution in [3.05, 3.63) is 34.7 Å². The van der Waals surface area contributed by atoms with Crippen LogP contribution in [-0.4, -0.2) is 118 Å². The molecule has 13 nitrogen and oxygen atoms in total. The summed E-state index contributed by atoms with van der Waals surface area (Å²) in [4.78, 5) is 77.7. The second-order valence-electron chi connectivity index (χ2n) is 12.7. The van der Waals surface area contributed by atoms with E-state index in [1.165, 1.54) is 12.1 Å². The first-order chi connectivity index (χ1) is 22.8. The Morgan fingerprint density at radius 1 is 1.06 bits per heavy atom. The topological polar surface area (TPSA) is 166 Å². The lowest BCUT2D eigenvalue weighted by Gasteiger charge is -2.44. The van der Waals surface area contributed by atoms with Gasteiger partial charge in [-0.3, -0.25) is 23.7 Å². The number of fused-ring (bicyclic) bond motifs is 2. The average molecular weight is 713 g/mol. The Bertz CT molecular complexity index is 1620. The van der Waals surface area contributed by atoms with Crippen LogP contribution in [0.5, 0.6) is 0 Å². The number of rotatable bonds is 8. The van der Waals surface area contributed by atoms with Crippen molar-refractivity contribution in [3.63, 3.8) is 0 Å². The first kappa shape index (κ1) is 34.8. The van der Waals surface area contributed by atoms with Gasteiger partial charge in [0.1, 0.15) is 12.1 Å². The van der Waals surface area contributed by atoms with Gasteiger partial charge in [-0.15, -0.1) is 11.3 Å². The highest BCUT2D eigenvalue weighted by Gasteiger charge is 2.51. The predicted molar refractivity (Wildman–Crippen MR) is 169 cm³/mol. The van der Waals surface area contributed by atoms with E-state index in [-0.39, 0.29) is 46.6 Å². The summed E-state index contributed by atoms with van der Waals surface area (Å²) in [5.41, 5.74) is -5.28. The predicted octanol–water partition coefficient (Wildman–Crippen LogP) is 2.49. The summed E-state index contributed by atoms with van der Waals surface area (Å²) < 4.78 is 51.7.